The third-order valence-electron chi connectivity index (χ3n) is 5.04. The van der Waals surface area contributed by atoms with Gasteiger partial charge in [-0.3, -0.25) is 14.5 Å². The minimum absolute atomic E-state index is 0.121. The minimum atomic E-state index is -0.513. The largest absolute Gasteiger partial charge is 0.340 e. The predicted octanol–water partition coefficient (Wildman–Crippen LogP) is 3.58. The summed E-state index contributed by atoms with van der Waals surface area (Å²) in [7, 11) is 3.24. The Labute approximate surface area is 181 Å². The Morgan fingerprint density at radius 1 is 1.13 bits per heavy atom. The Kier molecular flexibility index (Phi) is 6.57. The summed E-state index contributed by atoms with van der Waals surface area (Å²) in [6.07, 6.45) is 1.70. The van der Waals surface area contributed by atoms with Crippen LogP contribution in [0.2, 0.25) is 5.02 Å². The fourth-order valence-corrected chi connectivity index (χ4v) is 3.44. The van der Waals surface area contributed by atoms with Gasteiger partial charge in [0.1, 0.15) is 6.54 Å². The van der Waals surface area contributed by atoms with Crippen molar-refractivity contribution < 1.29 is 14.4 Å². The number of hydrogen-bond donors (Lipinski definition) is 0. The number of nitrogens with zero attached hydrogens (tertiary/aromatic N) is 3. The zero-order chi connectivity index (χ0) is 21.8. The van der Waals surface area contributed by atoms with Gasteiger partial charge in [-0.1, -0.05) is 48.0 Å². The molecule has 1 heterocycles. The molecule has 6 nitrogen and oxygen atoms in total. The highest BCUT2D eigenvalue weighted by Crippen LogP contribution is 2.21. The molecule has 0 unspecified atom stereocenters. The van der Waals surface area contributed by atoms with Crippen molar-refractivity contribution in [2.24, 2.45) is 0 Å². The quantitative estimate of drug-likeness (QED) is 0.706. The van der Waals surface area contributed by atoms with E-state index < -0.39 is 11.9 Å². The SMILES string of the molecule is Cc1ccc(Cl)cc1C=C1CN(C)C(=O)CN(C(=O)N(C)Cc2ccccc2)C1=O. The maximum Gasteiger partial charge on any atom is 0.327 e. The van der Waals surface area contributed by atoms with Crippen LogP contribution < -0.4 is 0 Å². The summed E-state index contributed by atoms with van der Waals surface area (Å²) >= 11 is 6.10. The van der Waals surface area contributed by atoms with Gasteiger partial charge in [-0.05, 0) is 41.8 Å². The fourth-order valence-electron chi connectivity index (χ4n) is 3.26. The topological polar surface area (TPSA) is 60.9 Å². The molecule has 4 amide bonds. The number of amides is 4. The Morgan fingerprint density at radius 3 is 2.53 bits per heavy atom. The van der Waals surface area contributed by atoms with Gasteiger partial charge in [-0.25, -0.2) is 4.79 Å². The summed E-state index contributed by atoms with van der Waals surface area (Å²) in [6.45, 7) is 2.07. The number of carbonyl (C=O) groups is 3. The molecule has 156 valence electrons. The number of aryl methyl sites for hydroxylation is 1. The Morgan fingerprint density at radius 2 is 1.83 bits per heavy atom. The van der Waals surface area contributed by atoms with Crippen molar-refractivity contribution in [3.05, 3.63) is 75.8 Å². The van der Waals surface area contributed by atoms with Gasteiger partial charge in [-0.2, -0.15) is 0 Å². The molecule has 3 rings (SSSR count). The van der Waals surface area contributed by atoms with Crippen LogP contribution in [-0.4, -0.2) is 59.7 Å². The van der Waals surface area contributed by atoms with Crippen molar-refractivity contribution in [2.75, 3.05) is 27.2 Å². The van der Waals surface area contributed by atoms with Crippen molar-refractivity contribution in [3.8, 4) is 0 Å². The molecule has 2 aromatic rings. The van der Waals surface area contributed by atoms with Gasteiger partial charge >= 0.3 is 6.03 Å². The molecule has 0 spiro atoms. The number of rotatable bonds is 3. The third-order valence-corrected chi connectivity index (χ3v) is 5.27. The average molecular weight is 426 g/mol. The second-order valence-electron chi connectivity index (χ2n) is 7.44. The van der Waals surface area contributed by atoms with Gasteiger partial charge in [0.25, 0.3) is 5.91 Å². The van der Waals surface area contributed by atoms with Crippen molar-refractivity contribution in [1.29, 1.82) is 0 Å². The van der Waals surface area contributed by atoms with Crippen LogP contribution in [0.3, 0.4) is 0 Å². The number of halogens is 1. The minimum Gasteiger partial charge on any atom is -0.340 e. The number of benzene rings is 2. The maximum absolute atomic E-state index is 13.2. The van der Waals surface area contributed by atoms with E-state index in [1.165, 1.54) is 9.80 Å². The lowest BCUT2D eigenvalue weighted by atomic mass is 10.0. The third kappa shape index (κ3) is 4.89. The van der Waals surface area contributed by atoms with Crippen LogP contribution >= 0.6 is 11.6 Å². The van der Waals surface area contributed by atoms with Crippen molar-refractivity contribution in [2.45, 2.75) is 13.5 Å². The first kappa shape index (κ1) is 21.6. The highest BCUT2D eigenvalue weighted by atomic mass is 35.5. The summed E-state index contributed by atoms with van der Waals surface area (Å²) in [4.78, 5) is 42.7. The summed E-state index contributed by atoms with van der Waals surface area (Å²) in [6, 6.07) is 14.4. The Balaban J connectivity index is 1.90. The van der Waals surface area contributed by atoms with E-state index in [-0.39, 0.29) is 19.0 Å². The monoisotopic (exact) mass is 425 g/mol. The predicted molar refractivity (Wildman–Crippen MR) is 117 cm³/mol. The van der Waals surface area contributed by atoms with Gasteiger partial charge in [0.05, 0.1) is 6.54 Å². The summed E-state index contributed by atoms with van der Waals surface area (Å²) in [5.41, 5.74) is 3.01. The molecule has 30 heavy (non-hydrogen) atoms. The van der Waals surface area contributed by atoms with Gasteiger partial charge in [0.2, 0.25) is 5.91 Å². The van der Waals surface area contributed by atoms with Crippen LogP contribution in [0.25, 0.3) is 6.08 Å². The first-order chi connectivity index (χ1) is 14.3. The molecule has 0 bridgehead atoms. The van der Waals surface area contributed by atoms with E-state index in [9.17, 15) is 14.4 Å². The Hall–Kier alpha value is -3.12. The lowest BCUT2D eigenvalue weighted by Crippen LogP contribution is -2.46. The molecule has 7 heteroatoms. The van der Waals surface area contributed by atoms with Crippen LogP contribution in [0.4, 0.5) is 4.79 Å². The smallest absolute Gasteiger partial charge is 0.327 e. The van der Waals surface area contributed by atoms with E-state index >= 15 is 0 Å². The number of urea groups is 1. The highest BCUT2D eigenvalue weighted by molar-refractivity contribution is 6.30. The van der Waals surface area contributed by atoms with E-state index in [1.54, 1.807) is 32.3 Å². The standard InChI is InChI=1S/C23H24ClN3O3/c1-16-9-10-20(24)12-18(16)11-19-14-25(2)21(28)15-27(22(19)29)23(30)26(3)13-17-7-5-4-6-8-17/h4-12H,13-15H2,1-3H3. The van der Waals surface area contributed by atoms with Gasteiger partial charge < -0.3 is 9.80 Å². The molecular weight excluding hydrogens is 402 g/mol. The molecule has 1 aliphatic heterocycles. The average Bonchev–Trinajstić information content (AvgIpc) is 2.82. The van der Waals surface area contributed by atoms with E-state index in [4.69, 9.17) is 11.6 Å². The van der Waals surface area contributed by atoms with Crippen molar-refractivity contribution in [3.63, 3.8) is 0 Å². The number of hydrogen-bond acceptors (Lipinski definition) is 3. The van der Waals surface area contributed by atoms with Gasteiger partial charge in [0, 0.05) is 31.2 Å². The molecule has 0 atom stereocenters. The highest BCUT2D eigenvalue weighted by Gasteiger charge is 2.34. The molecule has 2 aromatic carbocycles. The summed E-state index contributed by atoms with van der Waals surface area (Å²) in [5.74, 6) is -0.770. The van der Waals surface area contributed by atoms with Crippen LogP contribution in [0, 0.1) is 6.92 Å². The van der Waals surface area contributed by atoms with Crippen LogP contribution in [-0.2, 0) is 16.1 Å². The van der Waals surface area contributed by atoms with Crippen LogP contribution in [0.15, 0.2) is 54.1 Å². The summed E-state index contributed by atoms with van der Waals surface area (Å²) < 4.78 is 0. The molecular formula is C23H24ClN3O3. The molecule has 1 saturated heterocycles. The number of imide groups is 1. The fraction of sp³-hybridized carbons (Fsp3) is 0.261. The van der Waals surface area contributed by atoms with E-state index in [1.807, 2.05) is 43.3 Å². The van der Waals surface area contributed by atoms with E-state index in [0.29, 0.717) is 17.1 Å². The van der Waals surface area contributed by atoms with Crippen LogP contribution in [0.1, 0.15) is 16.7 Å². The lowest BCUT2D eigenvalue weighted by Gasteiger charge is -2.25. The van der Waals surface area contributed by atoms with E-state index in [0.717, 1.165) is 21.6 Å². The van der Waals surface area contributed by atoms with Crippen molar-refractivity contribution >= 4 is 35.5 Å². The Bertz CT molecular complexity index is 1000. The van der Waals surface area contributed by atoms with Crippen molar-refractivity contribution in [1.82, 2.24) is 14.7 Å². The molecule has 0 saturated carbocycles. The summed E-state index contributed by atoms with van der Waals surface area (Å²) in [5, 5.41) is 0.550. The number of likely N-dealkylation sites (N-methyl/N-ethyl adjacent to an activating group) is 1. The molecule has 1 aliphatic rings. The molecule has 0 aliphatic carbocycles. The van der Waals surface area contributed by atoms with Crippen LogP contribution in [0.5, 0.6) is 0 Å². The number of carbonyl (C=O) groups excluding carboxylic acids is 3. The molecule has 0 N–H and O–H groups in total. The molecule has 1 fully saturated rings. The maximum atomic E-state index is 13.2. The van der Waals surface area contributed by atoms with Gasteiger partial charge in [0.15, 0.2) is 0 Å². The van der Waals surface area contributed by atoms with Gasteiger partial charge in [-0.15, -0.1) is 0 Å². The second kappa shape index (κ2) is 9.13. The zero-order valence-corrected chi connectivity index (χ0v) is 18.0. The normalized spacial score (nSPS) is 16.1. The first-order valence-corrected chi connectivity index (χ1v) is 9.95. The zero-order valence-electron chi connectivity index (χ0n) is 17.3. The van der Waals surface area contributed by atoms with E-state index in [2.05, 4.69) is 0 Å². The first-order valence-electron chi connectivity index (χ1n) is 9.58. The lowest BCUT2D eigenvalue weighted by molar-refractivity contribution is -0.133. The molecule has 0 aromatic heterocycles. The molecule has 0 radical (unpaired) electrons. The second-order valence-corrected chi connectivity index (χ2v) is 7.87.